The van der Waals surface area contributed by atoms with Crippen molar-refractivity contribution in [2.24, 2.45) is 0 Å². The van der Waals surface area contributed by atoms with Crippen LogP contribution < -0.4 is 16.1 Å². The van der Waals surface area contributed by atoms with Crippen LogP contribution in [-0.2, 0) is 50.5 Å². The van der Waals surface area contributed by atoms with Crippen LogP contribution >= 0.6 is 15.9 Å². The smallest absolute Gasteiger partial charge is 0.444 e. The topological polar surface area (TPSA) is 132 Å². The van der Waals surface area contributed by atoms with Gasteiger partial charge in [-0.1, -0.05) is 52.3 Å². The molecule has 2 aromatic carbocycles. The van der Waals surface area contributed by atoms with E-state index < -0.39 is 44.5 Å². The van der Waals surface area contributed by atoms with Crippen molar-refractivity contribution in [2.75, 3.05) is 0 Å². The standard InChI is InChI=1S/C18H28BNO4.C12H24B2O4.C12H16BrNO2/c1-16(2,3)22-15(21)20-12-13-9-8-10-14(11-13)19-23-17(4,5)18(6,7)24-19;1-9(2)10(3,4)16-13(15-9)14-17-11(5,6)12(7,8)18-14;1-12(2,3)16-11(15)14-8-9-5-4-6-10(13)7-9/h8-11H,12H2,1-7H3,(H,20,21);1-8H3;4-7H,8H2,1-3H3,(H,14,15). The Morgan fingerprint density at radius 2 is 0.879 bits per heavy atom. The van der Waals surface area contributed by atoms with Crippen LogP contribution in [0.3, 0.4) is 0 Å². The zero-order chi connectivity index (χ0) is 44.3. The molecule has 12 nitrogen and oxygen atoms in total. The van der Waals surface area contributed by atoms with Crippen molar-refractivity contribution in [3.05, 3.63) is 64.1 Å². The highest BCUT2D eigenvalue weighted by atomic mass is 79.9. The van der Waals surface area contributed by atoms with E-state index in [4.69, 9.17) is 37.4 Å². The summed E-state index contributed by atoms with van der Waals surface area (Å²) in [6.07, 6.45) is -0.823. The van der Waals surface area contributed by atoms with Gasteiger partial charge in [-0.25, -0.2) is 9.59 Å². The fraction of sp³-hybridized carbons (Fsp3) is 0.667. The van der Waals surface area contributed by atoms with Crippen molar-refractivity contribution >= 4 is 54.7 Å². The number of alkyl carbamates (subject to hydrolysis) is 2. The summed E-state index contributed by atoms with van der Waals surface area (Å²) in [5.74, 6) is 0. The average molecular weight is 873 g/mol. The van der Waals surface area contributed by atoms with Crippen molar-refractivity contribution in [3.8, 4) is 0 Å². The lowest BCUT2D eigenvalue weighted by Gasteiger charge is -2.32. The third-order valence-corrected chi connectivity index (χ3v) is 11.3. The molecule has 0 spiro atoms. The van der Waals surface area contributed by atoms with E-state index in [1.807, 2.05) is 173 Å². The van der Waals surface area contributed by atoms with Gasteiger partial charge in [-0.05, 0) is 153 Å². The quantitative estimate of drug-likeness (QED) is 0.272. The molecule has 2 aromatic rings. The maximum absolute atomic E-state index is 11.8. The van der Waals surface area contributed by atoms with Gasteiger partial charge in [-0.2, -0.15) is 0 Å². The molecule has 0 radical (unpaired) electrons. The van der Waals surface area contributed by atoms with E-state index in [1.54, 1.807) is 0 Å². The minimum Gasteiger partial charge on any atom is -0.444 e. The number of ether oxygens (including phenoxy) is 2. The SMILES string of the molecule is CC(C)(C)OC(=O)NCc1cccc(B2OC(C)(C)C(C)(C)O2)c1.CC(C)(C)OC(=O)NCc1cccc(Br)c1.CC1(C)OB(B2OC(C)(C)C(C)(C)O2)OC1(C)C. The molecule has 58 heavy (non-hydrogen) atoms. The first kappa shape index (κ1) is 49.8. The molecule has 2 amide bonds. The van der Waals surface area contributed by atoms with Crippen LogP contribution in [0.15, 0.2) is 53.0 Å². The summed E-state index contributed by atoms with van der Waals surface area (Å²) >= 11 is 3.37. The zero-order valence-electron chi connectivity index (χ0n) is 38.2. The minimum absolute atomic E-state index is 0.360. The lowest BCUT2D eigenvalue weighted by molar-refractivity contribution is 0.00578. The second-order valence-corrected chi connectivity index (χ2v) is 20.8. The van der Waals surface area contributed by atoms with Gasteiger partial charge < -0.3 is 48.0 Å². The summed E-state index contributed by atoms with van der Waals surface area (Å²) in [7, 11) is -1.36. The van der Waals surface area contributed by atoms with E-state index in [0.717, 1.165) is 21.1 Å². The number of rotatable bonds is 6. The first-order chi connectivity index (χ1) is 26.1. The van der Waals surface area contributed by atoms with E-state index in [9.17, 15) is 9.59 Å². The normalized spacial score (nSPS) is 20.9. The monoisotopic (exact) mass is 872 g/mol. The molecular formula is C42H68B3BrN2O10. The highest BCUT2D eigenvalue weighted by Crippen LogP contribution is 2.43. The van der Waals surface area contributed by atoms with Gasteiger partial charge >= 0.3 is 33.3 Å². The Morgan fingerprint density at radius 1 is 0.552 bits per heavy atom. The molecule has 3 fully saturated rings. The fourth-order valence-corrected chi connectivity index (χ4v) is 5.90. The number of nitrogens with one attached hydrogen (secondary N) is 2. The van der Waals surface area contributed by atoms with Gasteiger partial charge in [0.15, 0.2) is 0 Å². The number of carbonyl (C=O) groups excluding carboxylic acids is 2. The molecule has 3 heterocycles. The van der Waals surface area contributed by atoms with E-state index in [0.29, 0.717) is 13.1 Å². The Balaban J connectivity index is 0.000000239. The van der Waals surface area contributed by atoms with Gasteiger partial charge in [-0.3, -0.25) is 0 Å². The number of hydrogen-bond donors (Lipinski definition) is 2. The van der Waals surface area contributed by atoms with Gasteiger partial charge in [-0.15, -0.1) is 0 Å². The summed E-state index contributed by atoms with van der Waals surface area (Å²) in [5, 5.41) is 5.46. The number of amides is 2. The molecular weight excluding hydrogens is 805 g/mol. The molecule has 5 rings (SSSR count). The van der Waals surface area contributed by atoms with Gasteiger partial charge in [0.1, 0.15) is 11.2 Å². The molecule has 0 aliphatic carbocycles. The van der Waals surface area contributed by atoms with Crippen LogP contribution in [0.5, 0.6) is 0 Å². The Hall–Kier alpha value is -2.59. The summed E-state index contributed by atoms with van der Waals surface area (Å²) in [6, 6.07) is 15.6. The van der Waals surface area contributed by atoms with Crippen molar-refractivity contribution in [1.29, 1.82) is 0 Å². The van der Waals surface area contributed by atoms with Crippen molar-refractivity contribution in [1.82, 2.24) is 10.6 Å². The predicted molar refractivity (Wildman–Crippen MR) is 235 cm³/mol. The summed E-state index contributed by atoms with van der Waals surface area (Å²) < 4.78 is 47.3. The van der Waals surface area contributed by atoms with Crippen molar-refractivity contribution in [2.45, 2.75) is 183 Å². The van der Waals surface area contributed by atoms with Crippen LogP contribution in [0.25, 0.3) is 0 Å². The number of benzene rings is 2. The van der Waals surface area contributed by atoms with Gasteiger partial charge in [0.05, 0.1) is 33.6 Å². The first-order valence-corrected chi connectivity index (χ1v) is 20.8. The second-order valence-electron chi connectivity index (χ2n) is 19.9. The fourth-order valence-electron chi connectivity index (χ4n) is 5.45. The molecule has 0 aromatic heterocycles. The van der Waals surface area contributed by atoms with Crippen LogP contribution in [0.2, 0.25) is 0 Å². The second kappa shape index (κ2) is 18.2. The maximum Gasteiger partial charge on any atom is 0.494 e. The molecule has 0 unspecified atom stereocenters. The summed E-state index contributed by atoms with van der Waals surface area (Å²) in [5.41, 5.74) is -0.211. The number of carbonyl (C=O) groups is 2. The predicted octanol–water partition coefficient (Wildman–Crippen LogP) is 8.73. The molecule has 3 saturated heterocycles. The van der Waals surface area contributed by atoms with Crippen molar-refractivity contribution < 1.29 is 47.0 Å². The minimum atomic E-state index is -0.505. The lowest BCUT2D eigenvalue weighted by Crippen LogP contribution is -2.41. The highest BCUT2D eigenvalue weighted by molar-refractivity contribution is 9.10. The molecule has 322 valence electrons. The Bertz CT molecular complexity index is 1640. The van der Waals surface area contributed by atoms with Gasteiger partial charge in [0.25, 0.3) is 0 Å². The zero-order valence-corrected chi connectivity index (χ0v) is 39.8. The molecule has 2 N–H and O–H groups in total. The average Bonchev–Trinajstić information content (AvgIpc) is 3.51. The third kappa shape index (κ3) is 14.0. The molecule has 3 aliphatic rings. The summed E-state index contributed by atoms with van der Waals surface area (Å²) in [4.78, 5) is 23.1. The number of halogens is 1. The van der Waals surface area contributed by atoms with E-state index in [1.165, 1.54) is 0 Å². The largest absolute Gasteiger partial charge is 0.494 e. The molecule has 0 atom stereocenters. The lowest BCUT2D eigenvalue weighted by atomic mass is 9.49. The Labute approximate surface area is 357 Å². The molecule has 0 saturated carbocycles. The first-order valence-electron chi connectivity index (χ1n) is 20.0. The summed E-state index contributed by atoms with van der Waals surface area (Å²) in [6.45, 7) is 36.2. The van der Waals surface area contributed by atoms with Crippen molar-refractivity contribution in [3.63, 3.8) is 0 Å². The van der Waals surface area contributed by atoms with E-state index in [2.05, 4.69) is 26.6 Å². The Kier molecular flexibility index (Phi) is 15.6. The molecule has 0 bridgehead atoms. The molecule has 16 heteroatoms. The number of hydrogen-bond acceptors (Lipinski definition) is 10. The van der Waals surface area contributed by atoms with Gasteiger partial charge in [0.2, 0.25) is 0 Å². The van der Waals surface area contributed by atoms with Gasteiger partial charge in [0, 0.05) is 17.6 Å². The highest BCUT2D eigenvalue weighted by Gasteiger charge is 2.63. The third-order valence-electron chi connectivity index (χ3n) is 10.8. The van der Waals surface area contributed by atoms with Crippen LogP contribution in [-0.4, -0.2) is 78.1 Å². The van der Waals surface area contributed by atoms with Crippen LogP contribution in [0.1, 0.15) is 136 Å². The van der Waals surface area contributed by atoms with E-state index >= 15 is 0 Å². The maximum atomic E-state index is 11.8. The van der Waals surface area contributed by atoms with Crippen LogP contribution in [0.4, 0.5) is 9.59 Å². The Morgan fingerprint density at radius 3 is 1.22 bits per heavy atom. The molecule has 3 aliphatic heterocycles. The van der Waals surface area contributed by atoms with E-state index in [-0.39, 0.29) is 33.6 Å². The van der Waals surface area contributed by atoms with Crippen LogP contribution in [0, 0.1) is 0 Å².